The molecule has 1 aliphatic rings. The molecular weight excluding hydrogens is 219 g/mol. The topological polar surface area (TPSA) is 32.9 Å². The van der Waals surface area contributed by atoms with Gasteiger partial charge in [0.1, 0.15) is 0 Å². The number of pyridine rings is 1. The minimum absolute atomic E-state index is 0.275. The average Bonchev–Trinajstić information content (AvgIpc) is 2.15. The summed E-state index contributed by atoms with van der Waals surface area (Å²) in [5.74, 6) is -0.673. The number of fused-ring (bicyclic) bond motifs is 1. The number of aromatic amines is 1. The van der Waals surface area contributed by atoms with Gasteiger partial charge >= 0.3 is 6.18 Å². The molecule has 0 saturated heterocycles. The van der Waals surface area contributed by atoms with Crippen molar-refractivity contribution < 1.29 is 13.2 Å². The van der Waals surface area contributed by atoms with Crippen molar-refractivity contribution in [1.82, 2.24) is 4.98 Å². The van der Waals surface area contributed by atoms with E-state index in [0.29, 0.717) is 30.5 Å². The number of rotatable bonds is 1. The first-order valence-electron chi connectivity index (χ1n) is 5.24. The third kappa shape index (κ3) is 2.28. The van der Waals surface area contributed by atoms with Crippen LogP contribution >= 0.6 is 0 Å². The molecule has 0 aliphatic heterocycles. The number of nitrogens with one attached hydrogen (secondary N) is 1. The lowest BCUT2D eigenvalue weighted by Gasteiger charge is -2.25. The van der Waals surface area contributed by atoms with E-state index in [9.17, 15) is 18.0 Å². The number of hydrogen-bond donors (Lipinski definition) is 1. The van der Waals surface area contributed by atoms with Gasteiger partial charge < -0.3 is 4.98 Å². The maximum atomic E-state index is 12.4. The van der Waals surface area contributed by atoms with Gasteiger partial charge in [0.05, 0.1) is 6.42 Å². The lowest BCUT2D eigenvalue weighted by atomic mass is 9.83. The van der Waals surface area contributed by atoms with Crippen LogP contribution in [0.25, 0.3) is 0 Å². The van der Waals surface area contributed by atoms with Crippen LogP contribution in [-0.2, 0) is 6.42 Å². The van der Waals surface area contributed by atoms with Crippen molar-refractivity contribution in [3.8, 4) is 0 Å². The number of hydrogen-bond acceptors (Lipinski definition) is 1. The molecule has 0 aromatic carbocycles. The smallest absolute Gasteiger partial charge is 0.365 e. The molecular formula is C11H12F3NO. The number of aromatic nitrogens is 1. The van der Waals surface area contributed by atoms with E-state index >= 15 is 0 Å². The Kier molecular flexibility index (Phi) is 2.78. The molecule has 1 aromatic rings. The van der Waals surface area contributed by atoms with Crippen LogP contribution in [0.2, 0.25) is 0 Å². The van der Waals surface area contributed by atoms with E-state index in [1.54, 1.807) is 0 Å². The molecule has 0 fully saturated rings. The summed E-state index contributed by atoms with van der Waals surface area (Å²) in [7, 11) is 0. The summed E-state index contributed by atoms with van der Waals surface area (Å²) < 4.78 is 37.1. The molecule has 5 heteroatoms. The van der Waals surface area contributed by atoms with Crippen molar-refractivity contribution in [1.29, 1.82) is 0 Å². The second-order valence-corrected chi connectivity index (χ2v) is 4.14. The molecule has 0 radical (unpaired) electrons. The molecule has 1 aliphatic carbocycles. The van der Waals surface area contributed by atoms with E-state index in [0.717, 1.165) is 0 Å². The SMILES string of the molecule is O=c1cc[nH]c2c1C(CC(F)(F)F)CCC2. The zero-order valence-electron chi connectivity index (χ0n) is 8.60. The van der Waals surface area contributed by atoms with Crippen molar-refractivity contribution in [2.24, 2.45) is 0 Å². The van der Waals surface area contributed by atoms with Crippen molar-refractivity contribution in [2.75, 3.05) is 0 Å². The Hall–Kier alpha value is -1.26. The summed E-state index contributed by atoms with van der Waals surface area (Å²) in [6, 6.07) is 1.30. The zero-order valence-corrected chi connectivity index (χ0v) is 8.60. The minimum atomic E-state index is -4.21. The first-order chi connectivity index (χ1) is 7.47. The molecule has 88 valence electrons. The van der Waals surface area contributed by atoms with E-state index in [2.05, 4.69) is 4.98 Å². The maximum absolute atomic E-state index is 12.4. The molecule has 1 heterocycles. The van der Waals surface area contributed by atoms with Crippen LogP contribution in [0.3, 0.4) is 0 Å². The molecule has 1 unspecified atom stereocenters. The normalized spacial score (nSPS) is 20.6. The number of aryl methyl sites for hydroxylation is 1. The molecule has 1 aromatic heterocycles. The van der Waals surface area contributed by atoms with E-state index in [1.165, 1.54) is 12.3 Å². The monoisotopic (exact) mass is 231 g/mol. The van der Waals surface area contributed by atoms with Crippen molar-refractivity contribution >= 4 is 0 Å². The van der Waals surface area contributed by atoms with E-state index in [1.807, 2.05) is 0 Å². The summed E-state index contributed by atoms with van der Waals surface area (Å²) in [5.41, 5.74) is 0.738. The highest BCUT2D eigenvalue weighted by Crippen LogP contribution is 2.36. The van der Waals surface area contributed by atoms with Crippen molar-refractivity contribution in [3.05, 3.63) is 33.7 Å². The Morgan fingerprint density at radius 2 is 2.19 bits per heavy atom. The summed E-state index contributed by atoms with van der Waals surface area (Å²) in [6.45, 7) is 0. The van der Waals surface area contributed by atoms with Crippen molar-refractivity contribution in [2.45, 2.75) is 37.8 Å². The van der Waals surface area contributed by atoms with Gasteiger partial charge in [0.25, 0.3) is 0 Å². The second kappa shape index (κ2) is 3.96. The molecule has 0 amide bonds. The van der Waals surface area contributed by atoms with Crippen LogP contribution < -0.4 is 5.43 Å². The fourth-order valence-corrected chi connectivity index (χ4v) is 2.34. The lowest BCUT2D eigenvalue weighted by Crippen LogP contribution is -2.25. The Balaban J connectivity index is 2.36. The number of H-pyrrole nitrogens is 1. The molecule has 1 atom stereocenters. The van der Waals surface area contributed by atoms with Crippen LogP contribution in [0.5, 0.6) is 0 Å². The maximum Gasteiger partial charge on any atom is 0.389 e. The minimum Gasteiger partial charge on any atom is -0.365 e. The molecule has 0 saturated carbocycles. The predicted molar refractivity (Wildman–Crippen MR) is 53.4 cm³/mol. The van der Waals surface area contributed by atoms with Crippen LogP contribution in [0.1, 0.15) is 36.4 Å². The Morgan fingerprint density at radius 3 is 2.88 bits per heavy atom. The first-order valence-corrected chi connectivity index (χ1v) is 5.24. The Labute approximate surface area is 90.5 Å². The van der Waals surface area contributed by atoms with Crippen LogP contribution in [0.15, 0.2) is 17.1 Å². The Bertz CT molecular complexity index is 436. The highest BCUT2D eigenvalue weighted by molar-refractivity contribution is 5.27. The van der Waals surface area contributed by atoms with Crippen LogP contribution in [0, 0.1) is 0 Å². The number of alkyl halides is 3. The third-order valence-corrected chi connectivity index (χ3v) is 2.95. The van der Waals surface area contributed by atoms with Crippen molar-refractivity contribution in [3.63, 3.8) is 0 Å². The van der Waals surface area contributed by atoms with Gasteiger partial charge in [0, 0.05) is 23.5 Å². The van der Waals surface area contributed by atoms with E-state index in [4.69, 9.17) is 0 Å². The lowest BCUT2D eigenvalue weighted by molar-refractivity contribution is -0.139. The second-order valence-electron chi connectivity index (χ2n) is 4.14. The Morgan fingerprint density at radius 1 is 1.44 bits per heavy atom. The zero-order chi connectivity index (χ0) is 11.8. The number of halogens is 3. The molecule has 1 N–H and O–H groups in total. The van der Waals surface area contributed by atoms with Gasteiger partial charge in [-0.25, -0.2) is 0 Å². The van der Waals surface area contributed by atoms with E-state index < -0.39 is 18.5 Å². The van der Waals surface area contributed by atoms with Crippen LogP contribution in [0.4, 0.5) is 13.2 Å². The van der Waals surface area contributed by atoms with Gasteiger partial charge in [0.2, 0.25) is 0 Å². The largest absolute Gasteiger partial charge is 0.389 e. The van der Waals surface area contributed by atoms with Gasteiger partial charge in [-0.2, -0.15) is 13.2 Å². The van der Waals surface area contributed by atoms with Gasteiger partial charge in [-0.05, 0) is 25.2 Å². The van der Waals surface area contributed by atoms with Crippen LogP contribution in [-0.4, -0.2) is 11.2 Å². The van der Waals surface area contributed by atoms with Gasteiger partial charge in [-0.3, -0.25) is 4.79 Å². The fourth-order valence-electron chi connectivity index (χ4n) is 2.34. The highest BCUT2D eigenvalue weighted by Gasteiger charge is 2.35. The highest BCUT2D eigenvalue weighted by atomic mass is 19.4. The van der Waals surface area contributed by atoms with Gasteiger partial charge in [0.15, 0.2) is 5.43 Å². The average molecular weight is 231 g/mol. The predicted octanol–water partition coefficient (Wildman–Crippen LogP) is 2.75. The molecule has 2 rings (SSSR count). The quantitative estimate of drug-likeness (QED) is 0.792. The third-order valence-electron chi connectivity index (χ3n) is 2.95. The first kappa shape index (κ1) is 11.2. The van der Waals surface area contributed by atoms with Gasteiger partial charge in [-0.1, -0.05) is 0 Å². The molecule has 0 bridgehead atoms. The standard InChI is InChI=1S/C11H12F3NO/c12-11(13,14)6-7-2-1-3-8-10(7)9(16)4-5-15-8/h4-5,7H,1-3,6H2,(H,15,16). The summed E-state index contributed by atoms with van der Waals surface area (Å²) in [4.78, 5) is 14.5. The summed E-state index contributed by atoms with van der Waals surface area (Å²) in [5, 5.41) is 0. The summed E-state index contributed by atoms with van der Waals surface area (Å²) in [6.07, 6.45) is -1.79. The molecule has 16 heavy (non-hydrogen) atoms. The molecule has 2 nitrogen and oxygen atoms in total. The fraction of sp³-hybridized carbons (Fsp3) is 0.545. The van der Waals surface area contributed by atoms with Gasteiger partial charge in [-0.15, -0.1) is 0 Å². The summed E-state index contributed by atoms with van der Waals surface area (Å²) >= 11 is 0. The molecule has 0 spiro atoms. The van der Waals surface area contributed by atoms with E-state index in [-0.39, 0.29) is 5.43 Å².